The quantitative estimate of drug-likeness (QED) is 0.810. The number of methoxy groups -OCH3 is 1. The van der Waals surface area contributed by atoms with Gasteiger partial charge in [0.2, 0.25) is 5.91 Å². The maximum atomic E-state index is 12.1. The number of piperidine rings is 1. The molecular formula is C12H22N2O2S. The molecule has 0 bridgehead atoms. The zero-order valence-electron chi connectivity index (χ0n) is 10.5. The number of rotatable bonds is 3. The highest BCUT2D eigenvalue weighted by atomic mass is 32.2. The van der Waals surface area contributed by atoms with Gasteiger partial charge in [0.25, 0.3) is 0 Å². The topological polar surface area (TPSA) is 41.6 Å². The molecular weight excluding hydrogens is 236 g/mol. The van der Waals surface area contributed by atoms with Crippen LogP contribution in [0.3, 0.4) is 0 Å². The lowest BCUT2D eigenvalue weighted by Crippen LogP contribution is -2.47. The molecule has 2 unspecified atom stereocenters. The number of nitrogens with one attached hydrogen (secondary N) is 1. The minimum atomic E-state index is 0.237. The lowest BCUT2D eigenvalue weighted by atomic mass is 10.1. The van der Waals surface area contributed by atoms with Gasteiger partial charge in [0, 0.05) is 50.7 Å². The molecule has 0 radical (unpaired) electrons. The van der Waals surface area contributed by atoms with Crippen molar-refractivity contribution in [2.75, 3.05) is 38.2 Å². The van der Waals surface area contributed by atoms with Crippen LogP contribution >= 0.6 is 11.8 Å². The molecule has 5 heteroatoms. The largest absolute Gasteiger partial charge is 0.380 e. The molecule has 2 rings (SSSR count). The lowest BCUT2D eigenvalue weighted by molar-refractivity contribution is -0.135. The Bertz CT molecular complexity index is 257. The Morgan fingerprint density at radius 1 is 1.59 bits per heavy atom. The summed E-state index contributed by atoms with van der Waals surface area (Å²) in [5, 5.41) is 3.41. The van der Waals surface area contributed by atoms with E-state index in [0.717, 1.165) is 38.2 Å². The monoisotopic (exact) mass is 258 g/mol. The fourth-order valence-electron chi connectivity index (χ4n) is 2.45. The van der Waals surface area contributed by atoms with Crippen molar-refractivity contribution in [2.45, 2.75) is 31.4 Å². The molecule has 1 amide bonds. The maximum absolute atomic E-state index is 12.1. The summed E-state index contributed by atoms with van der Waals surface area (Å²) in [5.74, 6) is 2.51. The molecule has 2 fully saturated rings. The first-order valence-corrected chi connectivity index (χ1v) is 7.56. The van der Waals surface area contributed by atoms with Gasteiger partial charge in [-0.2, -0.15) is 11.8 Å². The van der Waals surface area contributed by atoms with E-state index in [0.29, 0.717) is 12.5 Å². The van der Waals surface area contributed by atoms with E-state index in [1.807, 2.05) is 16.7 Å². The third-order valence-corrected chi connectivity index (χ3v) is 4.61. The van der Waals surface area contributed by atoms with Crippen LogP contribution in [0.4, 0.5) is 0 Å². The second kappa shape index (κ2) is 6.61. The molecule has 0 aromatic rings. The highest BCUT2D eigenvalue weighted by Gasteiger charge is 2.25. The van der Waals surface area contributed by atoms with Gasteiger partial charge in [0.1, 0.15) is 0 Å². The molecule has 2 aliphatic heterocycles. The highest BCUT2D eigenvalue weighted by molar-refractivity contribution is 7.99. The number of nitrogens with zero attached hydrogens (tertiary/aromatic N) is 1. The zero-order chi connectivity index (χ0) is 12.1. The Balaban J connectivity index is 1.78. The Morgan fingerprint density at radius 2 is 2.47 bits per heavy atom. The highest BCUT2D eigenvalue weighted by Crippen LogP contribution is 2.16. The predicted molar refractivity (Wildman–Crippen MR) is 70.3 cm³/mol. The van der Waals surface area contributed by atoms with Crippen molar-refractivity contribution in [3.63, 3.8) is 0 Å². The fraction of sp³-hybridized carbons (Fsp3) is 0.917. The van der Waals surface area contributed by atoms with Crippen molar-refractivity contribution in [3.8, 4) is 0 Å². The average molecular weight is 258 g/mol. The van der Waals surface area contributed by atoms with E-state index in [4.69, 9.17) is 4.74 Å². The second-order valence-electron chi connectivity index (χ2n) is 4.77. The van der Waals surface area contributed by atoms with Crippen molar-refractivity contribution < 1.29 is 9.53 Å². The first-order chi connectivity index (χ1) is 8.29. The predicted octanol–water partition coefficient (Wildman–Crippen LogP) is 0.719. The van der Waals surface area contributed by atoms with Crippen molar-refractivity contribution >= 4 is 17.7 Å². The van der Waals surface area contributed by atoms with Gasteiger partial charge in [-0.15, -0.1) is 0 Å². The van der Waals surface area contributed by atoms with Gasteiger partial charge in [-0.3, -0.25) is 4.79 Å². The van der Waals surface area contributed by atoms with Gasteiger partial charge >= 0.3 is 0 Å². The third kappa shape index (κ3) is 3.86. The number of hydrogen-bond acceptors (Lipinski definition) is 4. The van der Waals surface area contributed by atoms with E-state index in [2.05, 4.69) is 5.32 Å². The standard InChI is InChI=1S/C12H22N2O2S/c1-16-11-3-2-5-14(8-11)12(15)7-10-9-17-6-4-13-10/h10-11,13H,2-9H2,1H3. The molecule has 2 saturated heterocycles. The van der Waals surface area contributed by atoms with Crippen LogP contribution in [0.1, 0.15) is 19.3 Å². The van der Waals surface area contributed by atoms with Gasteiger partial charge in [0.05, 0.1) is 6.10 Å². The molecule has 2 atom stereocenters. The number of hydrogen-bond donors (Lipinski definition) is 1. The van der Waals surface area contributed by atoms with E-state index in [1.54, 1.807) is 7.11 Å². The fourth-order valence-corrected chi connectivity index (χ4v) is 3.40. The minimum Gasteiger partial charge on any atom is -0.380 e. The van der Waals surface area contributed by atoms with Crippen LogP contribution in [0.2, 0.25) is 0 Å². The van der Waals surface area contributed by atoms with Crippen molar-refractivity contribution in [1.82, 2.24) is 10.2 Å². The van der Waals surface area contributed by atoms with Crippen LogP contribution < -0.4 is 5.32 Å². The SMILES string of the molecule is COC1CCCN(C(=O)CC2CSCCN2)C1. The number of amides is 1. The first-order valence-electron chi connectivity index (χ1n) is 6.41. The molecule has 4 nitrogen and oxygen atoms in total. The van der Waals surface area contributed by atoms with Gasteiger partial charge < -0.3 is 15.0 Å². The van der Waals surface area contributed by atoms with Crippen molar-refractivity contribution in [2.24, 2.45) is 0 Å². The number of carbonyl (C=O) groups is 1. The first kappa shape index (κ1) is 13.2. The number of thioether (sulfide) groups is 1. The van der Waals surface area contributed by atoms with Crippen molar-refractivity contribution in [3.05, 3.63) is 0 Å². The molecule has 0 aliphatic carbocycles. The molecule has 0 aromatic carbocycles. The van der Waals surface area contributed by atoms with Crippen LogP contribution in [-0.4, -0.2) is 61.2 Å². The lowest BCUT2D eigenvalue weighted by Gasteiger charge is -2.33. The van der Waals surface area contributed by atoms with Crippen LogP contribution in [0.15, 0.2) is 0 Å². The van der Waals surface area contributed by atoms with E-state index in [9.17, 15) is 4.79 Å². The van der Waals surface area contributed by atoms with Crippen LogP contribution in [0.5, 0.6) is 0 Å². The van der Waals surface area contributed by atoms with E-state index < -0.39 is 0 Å². The Morgan fingerprint density at radius 3 is 3.18 bits per heavy atom. The van der Waals surface area contributed by atoms with Gasteiger partial charge in [-0.25, -0.2) is 0 Å². The maximum Gasteiger partial charge on any atom is 0.224 e. The number of carbonyl (C=O) groups excluding carboxylic acids is 1. The average Bonchev–Trinajstić information content (AvgIpc) is 2.40. The van der Waals surface area contributed by atoms with Crippen LogP contribution in [0, 0.1) is 0 Å². The molecule has 0 aromatic heterocycles. The van der Waals surface area contributed by atoms with E-state index >= 15 is 0 Å². The van der Waals surface area contributed by atoms with Crippen LogP contribution in [-0.2, 0) is 9.53 Å². The molecule has 2 aliphatic rings. The zero-order valence-corrected chi connectivity index (χ0v) is 11.3. The summed E-state index contributed by atoms with van der Waals surface area (Å²) in [6.45, 7) is 2.71. The smallest absolute Gasteiger partial charge is 0.224 e. The summed E-state index contributed by atoms with van der Waals surface area (Å²) >= 11 is 1.94. The Labute approximate surface area is 107 Å². The Kier molecular flexibility index (Phi) is 5.13. The number of ether oxygens (including phenoxy) is 1. The summed E-state index contributed by atoms with van der Waals surface area (Å²) in [6, 6.07) is 0.365. The van der Waals surface area contributed by atoms with Gasteiger partial charge in [-0.1, -0.05) is 0 Å². The Hall–Kier alpha value is -0.260. The third-order valence-electron chi connectivity index (χ3n) is 3.48. The molecule has 1 N–H and O–H groups in total. The molecule has 2 heterocycles. The molecule has 98 valence electrons. The summed E-state index contributed by atoms with van der Waals surface area (Å²) in [5.41, 5.74) is 0. The normalized spacial score (nSPS) is 30.3. The molecule has 17 heavy (non-hydrogen) atoms. The summed E-state index contributed by atoms with van der Waals surface area (Å²) in [6.07, 6.45) is 3.03. The summed E-state index contributed by atoms with van der Waals surface area (Å²) in [4.78, 5) is 14.1. The summed E-state index contributed by atoms with van der Waals surface area (Å²) in [7, 11) is 1.73. The molecule has 0 spiro atoms. The molecule has 0 saturated carbocycles. The second-order valence-corrected chi connectivity index (χ2v) is 5.92. The van der Waals surface area contributed by atoms with Crippen LogP contribution in [0.25, 0.3) is 0 Å². The summed E-state index contributed by atoms with van der Waals surface area (Å²) < 4.78 is 5.35. The van der Waals surface area contributed by atoms with Gasteiger partial charge in [-0.05, 0) is 12.8 Å². The van der Waals surface area contributed by atoms with E-state index in [-0.39, 0.29) is 12.0 Å². The van der Waals surface area contributed by atoms with E-state index in [1.165, 1.54) is 5.75 Å². The van der Waals surface area contributed by atoms with Crippen molar-refractivity contribution in [1.29, 1.82) is 0 Å². The number of likely N-dealkylation sites (tertiary alicyclic amines) is 1. The van der Waals surface area contributed by atoms with Gasteiger partial charge in [0.15, 0.2) is 0 Å². The minimum absolute atomic E-state index is 0.237.